The van der Waals surface area contributed by atoms with Gasteiger partial charge >= 0.3 is 0 Å². The van der Waals surface area contributed by atoms with Gasteiger partial charge in [-0.2, -0.15) is 0 Å². The molecule has 22 heavy (non-hydrogen) atoms. The molecule has 122 valence electrons. The fraction of sp³-hybridized carbons (Fsp3) is 0.556. The van der Waals surface area contributed by atoms with Crippen molar-refractivity contribution in [2.24, 2.45) is 0 Å². The van der Waals surface area contributed by atoms with E-state index < -0.39 is 0 Å². The third-order valence-electron chi connectivity index (χ3n) is 3.68. The van der Waals surface area contributed by atoms with Gasteiger partial charge in [-0.05, 0) is 45.9 Å². The van der Waals surface area contributed by atoms with Crippen LogP contribution in [0, 0.1) is 0 Å². The van der Waals surface area contributed by atoms with Crippen LogP contribution < -0.4 is 5.32 Å². The maximum absolute atomic E-state index is 12.2. The summed E-state index contributed by atoms with van der Waals surface area (Å²) in [5, 5.41) is 2.88. The summed E-state index contributed by atoms with van der Waals surface area (Å²) in [6.07, 6.45) is 3.48. The van der Waals surface area contributed by atoms with E-state index in [9.17, 15) is 9.59 Å². The summed E-state index contributed by atoms with van der Waals surface area (Å²) in [4.78, 5) is 25.8. The van der Waals surface area contributed by atoms with Crippen LogP contribution in [0.5, 0.6) is 0 Å². The zero-order valence-electron chi connectivity index (χ0n) is 14.2. The van der Waals surface area contributed by atoms with E-state index in [-0.39, 0.29) is 11.7 Å². The molecule has 1 aromatic rings. The molecule has 4 nitrogen and oxygen atoms in total. The molecule has 0 spiro atoms. The van der Waals surface area contributed by atoms with Crippen molar-refractivity contribution < 1.29 is 9.59 Å². The SMILES string of the molecule is CCCCCN(CC(=O)Nc1cccc(C(C)=O)c1)C(C)C. The second kappa shape index (κ2) is 9.36. The van der Waals surface area contributed by atoms with Gasteiger partial charge in [0.2, 0.25) is 5.91 Å². The standard InChI is InChI=1S/C18H28N2O2/c1-5-6-7-11-20(14(2)3)13-18(22)19-17-10-8-9-16(12-17)15(4)21/h8-10,12,14H,5-7,11,13H2,1-4H3,(H,19,22). The number of carbonyl (C=O) groups excluding carboxylic acids is 2. The van der Waals surface area contributed by atoms with Crippen LogP contribution in [-0.4, -0.2) is 35.7 Å². The zero-order chi connectivity index (χ0) is 16.5. The van der Waals surface area contributed by atoms with Crippen molar-refractivity contribution in [2.45, 2.75) is 53.0 Å². The minimum Gasteiger partial charge on any atom is -0.325 e. The number of amides is 1. The topological polar surface area (TPSA) is 49.4 Å². The Morgan fingerprint density at radius 3 is 2.55 bits per heavy atom. The Morgan fingerprint density at radius 2 is 1.95 bits per heavy atom. The molecule has 0 saturated heterocycles. The molecule has 1 N–H and O–H groups in total. The smallest absolute Gasteiger partial charge is 0.238 e. The molecule has 0 aliphatic heterocycles. The second-order valence-corrected chi connectivity index (χ2v) is 5.96. The van der Waals surface area contributed by atoms with Gasteiger partial charge in [-0.25, -0.2) is 0 Å². The highest BCUT2D eigenvalue weighted by Crippen LogP contribution is 2.12. The van der Waals surface area contributed by atoms with Gasteiger partial charge in [0.15, 0.2) is 5.78 Å². The number of hydrogen-bond donors (Lipinski definition) is 1. The first-order valence-electron chi connectivity index (χ1n) is 8.09. The van der Waals surface area contributed by atoms with Gasteiger partial charge in [0, 0.05) is 17.3 Å². The van der Waals surface area contributed by atoms with Crippen LogP contribution in [0.3, 0.4) is 0 Å². The molecule has 0 unspecified atom stereocenters. The zero-order valence-corrected chi connectivity index (χ0v) is 14.2. The summed E-state index contributed by atoms with van der Waals surface area (Å²) >= 11 is 0. The third-order valence-corrected chi connectivity index (χ3v) is 3.68. The van der Waals surface area contributed by atoms with Crippen molar-refractivity contribution in [2.75, 3.05) is 18.4 Å². The summed E-state index contributed by atoms with van der Waals surface area (Å²) < 4.78 is 0. The Balaban J connectivity index is 2.59. The van der Waals surface area contributed by atoms with Gasteiger partial charge in [-0.1, -0.05) is 31.9 Å². The number of hydrogen-bond acceptors (Lipinski definition) is 3. The molecule has 0 aliphatic rings. The number of nitrogens with one attached hydrogen (secondary N) is 1. The molecule has 1 rings (SSSR count). The van der Waals surface area contributed by atoms with Gasteiger partial charge in [0.25, 0.3) is 0 Å². The normalized spacial score (nSPS) is 11.0. The van der Waals surface area contributed by atoms with Crippen LogP contribution in [0.1, 0.15) is 57.3 Å². The lowest BCUT2D eigenvalue weighted by Gasteiger charge is -2.25. The third kappa shape index (κ3) is 6.39. The van der Waals surface area contributed by atoms with Gasteiger partial charge in [-0.15, -0.1) is 0 Å². The van der Waals surface area contributed by atoms with Gasteiger partial charge in [0.05, 0.1) is 6.54 Å². The Morgan fingerprint density at radius 1 is 1.23 bits per heavy atom. The molecule has 1 aromatic carbocycles. The number of unbranched alkanes of at least 4 members (excludes halogenated alkanes) is 2. The van der Waals surface area contributed by atoms with Crippen LogP contribution in [0.15, 0.2) is 24.3 Å². The van der Waals surface area contributed by atoms with Gasteiger partial charge in [-0.3, -0.25) is 14.5 Å². The summed E-state index contributed by atoms with van der Waals surface area (Å²) in [7, 11) is 0. The minimum absolute atomic E-state index is 0.000489. The van der Waals surface area contributed by atoms with E-state index in [0.717, 1.165) is 13.0 Å². The molecule has 0 saturated carbocycles. The number of ketones is 1. The molecule has 0 radical (unpaired) electrons. The van der Waals surface area contributed by atoms with E-state index in [4.69, 9.17) is 0 Å². The quantitative estimate of drug-likeness (QED) is 0.558. The van der Waals surface area contributed by atoms with E-state index >= 15 is 0 Å². The summed E-state index contributed by atoms with van der Waals surface area (Å²) in [5.41, 5.74) is 1.29. The summed E-state index contributed by atoms with van der Waals surface area (Å²) in [6.45, 7) is 9.23. The number of Topliss-reactive ketones (excluding diaryl/α,β-unsaturated/α-hetero) is 1. The van der Waals surface area contributed by atoms with Crippen LogP contribution in [0.4, 0.5) is 5.69 Å². The highest BCUT2D eigenvalue weighted by atomic mass is 16.2. The highest BCUT2D eigenvalue weighted by Gasteiger charge is 2.14. The highest BCUT2D eigenvalue weighted by molar-refractivity contribution is 5.97. The number of carbonyl (C=O) groups is 2. The largest absolute Gasteiger partial charge is 0.325 e. The van der Waals surface area contributed by atoms with Crippen molar-refractivity contribution in [3.05, 3.63) is 29.8 Å². The van der Waals surface area contributed by atoms with E-state index in [1.807, 2.05) is 0 Å². The average molecular weight is 304 g/mol. The number of rotatable bonds is 9. The summed E-state index contributed by atoms with van der Waals surface area (Å²) in [5.74, 6) is -0.0367. The van der Waals surface area contributed by atoms with E-state index in [0.29, 0.717) is 23.8 Å². The molecule has 4 heteroatoms. The number of benzene rings is 1. The first-order valence-corrected chi connectivity index (χ1v) is 8.09. The molecule has 0 aliphatic carbocycles. The fourth-order valence-corrected chi connectivity index (χ4v) is 2.29. The van der Waals surface area contributed by atoms with Crippen molar-refractivity contribution in [3.63, 3.8) is 0 Å². The maximum atomic E-state index is 12.2. The van der Waals surface area contributed by atoms with Crippen molar-refractivity contribution >= 4 is 17.4 Å². The van der Waals surface area contributed by atoms with Crippen molar-refractivity contribution in [1.82, 2.24) is 4.90 Å². The molecular weight excluding hydrogens is 276 g/mol. The maximum Gasteiger partial charge on any atom is 0.238 e. The van der Waals surface area contributed by atoms with Crippen LogP contribution >= 0.6 is 0 Å². The molecule has 0 bridgehead atoms. The van der Waals surface area contributed by atoms with Crippen LogP contribution in [-0.2, 0) is 4.79 Å². The van der Waals surface area contributed by atoms with Crippen LogP contribution in [0.2, 0.25) is 0 Å². The van der Waals surface area contributed by atoms with Crippen molar-refractivity contribution in [1.29, 1.82) is 0 Å². The number of anilines is 1. The molecular formula is C18H28N2O2. The van der Waals surface area contributed by atoms with Gasteiger partial charge in [0.1, 0.15) is 0 Å². The lowest BCUT2D eigenvalue weighted by Crippen LogP contribution is -2.38. The Bertz CT molecular complexity index is 498. The lowest BCUT2D eigenvalue weighted by molar-refractivity contribution is -0.117. The molecule has 0 aromatic heterocycles. The Kier molecular flexibility index (Phi) is 7.82. The second-order valence-electron chi connectivity index (χ2n) is 5.96. The predicted octanol–water partition coefficient (Wildman–Crippen LogP) is 3.73. The van der Waals surface area contributed by atoms with E-state index in [1.165, 1.54) is 19.8 Å². The number of nitrogens with zero attached hydrogens (tertiary/aromatic N) is 1. The Labute approximate surface area is 133 Å². The molecule has 1 amide bonds. The molecule has 0 atom stereocenters. The van der Waals surface area contributed by atoms with Gasteiger partial charge < -0.3 is 5.32 Å². The summed E-state index contributed by atoms with van der Waals surface area (Å²) in [6, 6.07) is 7.40. The average Bonchev–Trinajstić information content (AvgIpc) is 2.46. The van der Waals surface area contributed by atoms with Crippen LogP contribution in [0.25, 0.3) is 0 Å². The predicted molar refractivity (Wildman–Crippen MR) is 91.3 cm³/mol. The Hall–Kier alpha value is -1.68. The first-order chi connectivity index (χ1) is 10.4. The molecule has 0 heterocycles. The van der Waals surface area contributed by atoms with E-state index in [2.05, 4.69) is 31.0 Å². The first kappa shape index (κ1) is 18.4. The fourth-order valence-electron chi connectivity index (χ4n) is 2.29. The minimum atomic E-state index is -0.0362. The monoisotopic (exact) mass is 304 g/mol. The van der Waals surface area contributed by atoms with Crippen molar-refractivity contribution in [3.8, 4) is 0 Å². The molecule has 0 fully saturated rings. The van der Waals surface area contributed by atoms with E-state index in [1.54, 1.807) is 24.3 Å². The lowest BCUT2D eigenvalue weighted by atomic mass is 10.1.